The van der Waals surface area contributed by atoms with E-state index in [0.717, 1.165) is 12.8 Å². The van der Waals surface area contributed by atoms with Crippen LogP contribution in [0.3, 0.4) is 0 Å². The van der Waals surface area contributed by atoms with Crippen LogP contribution in [0.25, 0.3) is 0 Å². The van der Waals surface area contributed by atoms with E-state index in [4.69, 9.17) is 16.3 Å². The van der Waals surface area contributed by atoms with Crippen molar-refractivity contribution in [1.29, 1.82) is 0 Å². The minimum absolute atomic E-state index is 0.00764. The third kappa shape index (κ3) is 3.86. The van der Waals surface area contributed by atoms with Crippen molar-refractivity contribution in [1.82, 2.24) is 0 Å². The largest absolute Gasteiger partial charge is 0.458 e. The molecule has 0 heterocycles. The molecule has 3 heteroatoms. The summed E-state index contributed by atoms with van der Waals surface area (Å²) < 4.78 is 5.29. The van der Waals surface area contributed by atoms with Crippen molar-refractivity contribution in [2.45, 2.75) is 46.1 Å². The SMILES string of the molecule is C=C(Cl)C(=O)OC1CC(C)CC(C)(C)C1. The summed E-state index contributed by atoms with van der Waals surface area (Å²) in [7, 11) is 0. The molecule has 0 bridgehead atoms. The van der Waals surface area contributed by atoms with E-state index in [-0.39, 0.29) is 16.6 Å². The maximum Gasteiger partial charge on any atom is 0.349 e. The van der Waals surface area contributed by atoms with Gasteiger partial charge >= 0.3 is 5.97 Å². The van der Waals surface area contributed by atoms with Crippen LogP contribution < -0.4 is 0 Å². The van der Waals surface area contributed by atoms with Gasteiger partial charge in [0.1, 0.15) is 11.1 Å². The van der Waals surface area contributed by atoms with E-state index in [0.29, 0.717) is 5.92 Å². The molecule has 1 aliphatic rings. The highest BCUT2D eigenvalue weighted by Gasteiger charge is 2.34. The predicted octanol–water partition coefficient (Wildman–Crippen LogP) is 3.50. The van der Waals surface area contributed by atoms with Gasteiger partial charge in [0.05, 0.1) is 0 Å². The molecule has 0 aliphatic heterocycles. The van der Waals surface area contributed by atoms with Gasteiger partial charge in [-0.05, 0) is 30.6 Å². The maximum atomic E-state index is 11.3. The maximum absolute atomic E-state index is 11.3. The Kier molecular flexibility index (Phi) is 3.82. The first-order chi connectivity index (χ1) is 6.80. The van der Waals surface area contributed by atoms with Crippen molar-refractivity contribution in [2.24, 2.45) is 11.3 Å². The van der Waals surface area contributed by atoms with E-state index in [1.165, 1.54) is 6.42 Å². The van der Waals surface area contributed by atoms with Gasteiger partial charge in [-0.15, -0.1) is 0 Å². The average Bonchev–Trinajstić information content (AvgIpc) is 1.99. The van der Waals surface area contributed by atoms with Crippen LogP contribution in [0.2, 0.25) is 0 Å². The average molecular weight is 231 g/mol. The van der Waals surface area contributed by atoms with Gasteiger partial charge in [-0.1, -0.05) is 39.0 Å². The molecule has 1 rings (SSSR count). The van der Waals surface area contributed by atoms with Crippen LogP contribution in [0.1, 0.15) is 40.0 Å². The number of carbonyl (C=O) groups is 1. The highest BCUT2D eigenvalue weighted by atomic mass is 35.5. The summed E-state index contributed by atoms with van der Waals surface area (Å²) >= 11 is 5.49. The zero-order valence-corrected chi connectivity index (χ0v) is 10.4. The molecule has 2 atom stereocenters. The molecular formula is C12H19ClO2. The molecule has 0 N–H and O–H groups in total. The molecule has 2 nitrogen and oxygen atoms in total. The van der Waals surface area contributed by atoms with E-state index in [1.54, 1.807) is 0 Å². The molecule has 0 amide bonds. The van der Waals surface area contributed by atoms with Crippen molar-refractivity contribution >= 4 is 17.6 Å². The monoisotopic (exact) mass is 230 g/mol. The van der Waals surface area contributed by atoms with Crippen LogP contribution in [-0.2, 0) is 9.53 Å². The molecule has 2 unspecified atom stereocenters. The molecule has 0 aromatic carbocycles. The fourth-order valence-corrected chi connectivity index (χ4v) is 2.61. The van der Waals surface area contributed by atoms with Crippen molar-refractivity contribution in [2.75, 3.05) is 0 Å². The summed E-state index contributed by atoms with van der Waals surface area (Å²) in [4.78, 5) is 11.3. The van der Waals surface area contributed by atoms with Crippen LogP contribution in [0.5, 0.6) is 0 Å². The quantitative estimate of drug-likeness (QED) is 0.536. The number of halogens is 1. The van der Waals surface area contributed by atoms with Gasteiger partial charge in [0.25, 0.3) is 0 Å². The Morgan fingerprint density at radius 2 is 2.07 bits per heavy atom. The Balaban J connectivity index is 2.56. The van der Waals surface area contributed by atoms with E-state index in [1.807, 2.05) is 0 Å². The Morgan fingerprint density at radius 1 is 1.47 bits per heavy atom. The van der Waals surface area contributed by atoms with Crippen molar-refractivity contribution < 1.29 is 9.53 Å². The number of hydrogen-bond acceptors (Lipinski definition) is 2. The van der Waals surface area contributed by atoms with E-state index in [2.05, 4.69) is 27.4 Å². The molecule has 0 saturated heterocycles. The summed E-state index contributed by atoms with van der Waals surface area (Å²) in [5.41, 5.74) is 0.246. The van der Waals surface area contributed by atoms with E-state index >= 15 is 0 Å². The molecule has 1 fully saturated rings. The number of hydrogen-bond donors (Lipinski definition) is 0. The van der Waals surface area contributed by atoms with Crippen molar-refractivity contribution in [3.63, 3.8) is 0 Å². The van der Waals surface area contributed by atoms with Crippen LogP contribution in [0.15, 0.2) is 11.6 Å². The number of rotatable bonds is 2. The van der Waals surface area contributed by atoms with Crippen LogP contribution >= 0.6 is 11.6 Å². The second-order valence-electron chi connectivity index (χ2n) is 5.35. The molecular weight excluding hydrogens is 212 g/mol. The molecule has 0 aromatic heterocycles. The molecule has 15 heavy (non-hydrogen) atoms. The zero-order chi connectivity index (χ0) is 11.6. The fraction of sp³-hybridized carbons (Fsp3) is 0.750. The van der Waals surface area contributed by atoms with Gasteiger partial charge in [-0.25, -0.2) is 4.79 Å². The first-order valence-electron chi connectivity index (χ1n) is 5.35. The number of esters is 1. The summed E-state index contributed by atoms with van der Waals surface area (Å²) in [6.07, 6.45) is 3.02. The summed E-state index contributed by atoms with van der Waals surface area (Å²) in [6.45, 7) is 9.97. The van der Waals surface area contributed by atoms with Gasteiger partial charge in [-0.2, -0.15) is 0 Å². The number of ether oxygens (including phenoxy) is 1. The predicted molar refractivity (Wildman–Crippen MR) is 61.7 cm³/mol. The topological polar surface area (TPSA) is 26.3 Å². The third-order valence-electron chi connectivity index (χ3n) is 2.84. The van der Waals surface area contributed by atoms with Crippen molar-refractivity contribution in [3.05, 3.63) is 11.6 Å². The fourth-order valence-electron chi connectivity index (χ4n) is 2.56. The number of carbonyl (C=O) groups excluding carboxylic acids is 1. The van der Waals surface area contributed by atoms with Crippen molar-refractivity contribution in [3.8, 4) is 0 Å². The van der Waals surface area contributed by atoms with Crippen LogP contribution in [0.4, 0.5) is 0 Å². The molecule has 0 spiro atoms. The van der Waals surface area contributed by atoms with Crippen LogP contribution in [-0.4, -0.2) is 12.1 Å². The minimum Gasteiger partial charge on any atom is -0.458 e. The highest BCUT2D eigenvalue weighted by Crippen LogP contribution is 2.39. The van der Waals surface area contributed by atoms with Gasteiger partial charge in [0.2, 0.25) is 0 Å². The zero-order valence-electron chi connectivity index (χ0n) is 9.68. The van der Waals surface area contributed by atoms with Gasteiger partial charge in [0.15, 0.2) is 0 Å². The Bertz CT molecular complexity index is 271. The van der Waals surface area contributed by atoms with Gasteiger partial charge < -0.3 is 4.74 Å². The molecule has 1 saturated carbocycles. The molecule has 0 aromatic rings. The lowest BCUT2D eigenvalue weighted by Gasteiger charge is -2.38. The molecule has 0 radical (unpaired) electrons. The minimum atomic E-state index is -0.480. The Labute approximate surface area is 96.6 Å². The Hall–Kier alpha value is -0.500. The standard InChI is InChI=1S/C12H19ClO2/c1-8-5-10(7-12(3,4)6-8)15-11(14)9(2)13/h8,10H,2,5-7H2,1,3-4H3. The van der Waals surface area contributed by atoms with E-state index < -0.39 is 5.97 Å². The second kappa shape index (κ2) is 4.56. The molecule has 86 valence electrons. The van der Waals surface area contributed by atoms with E-state index in [9.17, 15) is 4.79 Å². The lowest BCUT2D eigenvalue weighted by atomic mass is 9.71. The van der Waals surface area contributed by atoms with Gasteiger partial charge in [0, 0.05) is 0 Å². The first-order valence-corrected chi connectivity index (χ1v) is 5.73. The lowest BCUT2D eigenvalue weighted by molar-refractivity contribution is -0.147. The first kappa shape index (κ1) is 12.6. The van der Waals surface area contributed by atoms with Gasteiger partial charge in [-0.3, -0.25) is 0 Å². The highest BCUT2D eigenvalue weighted by molar-refractivity contribution is 6.40. The molecule has 1 aliphatic carbocycles. The third-order valence-corrected chi connectivity index (χ3v) is 3.00. The smallest absolute Gasteiger partial charge is 0.349 e. The second-order valence-corrected chi connectivity index (χ2v) is 5.80. The summed E-state index contributed by atoms with van der Waals surface area (Å²) in [5.74, 6) is 0.113. The normalized spacial score (nSPS) is 29.6. The lowest BCUT2D eigenvalue weighted by Crippen LogP contribution is -2.33. The summed E-state index contributed by atoms with van der Waals surface area (Å²) in [6, 6.07) is 0. The Morgan fingerprint density at radius 3 is 2.53 bits per heavy atom. The summed E-state index contributed by atoms with van der Waals surface area (Å²) in [5, 5.41) is -0.0361. The van der Waals surface area contributed by atoms with Crippen LogP contribution in [0, 0.1) is 11.3 Å².